The molecule has 0 bridgehead atoms. The van der Waals surface area contributed by atoms with Gasteiger partial charge in [-0.25, -0.2) is 4.98 Å². The van der Waals surface area contributed by atoms with Crippen LogP contribution in [0.5, 0.6) is 0 Å². The standard InChI is InChI=1S/C15H20N6O/c22-15(4-9-21-8-1-5-18-21)19-14-3-2-13(12-17-14)20-10-6-16-7-11-20/h1-3,5,8,12,16H,4,6-7,9-11H2,(H,17,19,22). The van der Waals surface area contributed by atoms with Crippen molar-refractivity contribution in [2.45, 2.75) is 13.0 Å². The smallest absolute Gasteiger partial charge is 0.227 e. The van der Waals surface area contributed by atoms with E-state index in [1.807, 2.05) is 30.6 Å². The van der Waals surface area contributed by atoms with Crippen molar-refractivity contribution in [2.75, 3.05) is 36.4 Å². The molecule has 1 aliphatic rings. The number of rotatable bonds is 5. The summed E-state index contributed by atoms with van der Waals surface area (Å²) in [6.07, 6.45) is 5.74. The Hall–Kier alpha value is -2.41. The van der Waals surface area contributed by atoms with Crippen LogP contribution in [-0.4, -0.2) is 46.9 Å². The number of amides is 1. The highest BCUT2D eigenvalue weighted by molar-refractivity contribution is 5.89. The quantitative estimate of drug-likeness (QED) is 0.851. The Labute approximate surface area is 129 Å². The van der Waals surface area contributed by atoms with Crippen LogP contribution in [0.1, 0.15) is 6.42 Å². The SMILES string of the molecule is O=C(CCn1cccn1)Nc1ccc(N2CCNCC2)cn1. The lowest BCUT2D eigenvalue weighted by molar-refractivity contribution is -0.116. The average Bonchev–Trinajstić information content (AvgIpc) is 3.08. The van der Waals surface area contributed by atoms with Crippen LogP contribution < -0.4 is 15.5 Å². The van der Waals surface area contributed by atoms with Gasteiger partial charge in [0.05, 0.1) is 11.9 Å². The fourth-order valence-corrected chi connectivity index (χ4v) is 2.42. The first-order chi connectivity index (χ1) is 10.8. The molecule has 0 saturated carbocycles. The summed E-state index contributed by atoms with van der Waals surface area (Å²) in [5.74, 6) is 0.530. The van der Waals surface area contributed by atoms with Crippen molar-refractivity contribution >= 4 is 17.4 Å². The predicted octanol–water partition coefficient (Wildman–Crippen LogP) is 0.716. The zero-order chi connectivity index (χ0) is 15.2. The van der Waals surface area contributed by atoms with Gasteiger partial charge in [-0.15, -0.1) is 0 Å². The van der Waals surface area contributed by atoms with Gasteiger partial charge in [-0.2, -0.15) is 5.10 Å². The number of piperazine rings is 1. The van der Waals surface area contributed by atoms with Gasteiger partial charge >= 0.3 is 0 Å². The van der Waals surface area contributed by atoms with E-state index in [-0.39, 0.29) is 5.91 Å². The topological polar surface area (TPSA) is 75.1 Å². The van der Waals surface area contributed by atoms with E-state index in [0.717, 1.165) is 31.9 Å². The summed E-state index contributed by atoms with van der Waals surface area (Å²) in [4.78, 5) is 18.5. The van der Waals surface area contributed by atoms with E-state index < -0.39 is 0 Å². The molecule has 1 saturated heterocycles. The minimum absolute atomic E-state index is 0.0575. The molecule has 3 rings (SSSR count). The molecule has 116 valence electrons. The van der Waals surface area contributed by atoms with Crippen LogP contribution >= 0.6 is 0 Å². The largest absolute Gasteiger partial charge is 0.368 e. The van der Waals surface area contributed by atoms with Gasteiger partial charge in [0.25, 0.3) is 0 Å². The van der Waals surface area contributed by atoms with Crippen LogP contribution in [0.2, 0.25) is 0 Å². The molecule has 2 aromatic rings. The molecule has 22 heavy (non-hydrogen) atoms. The van der Waals surface area contributed by atoms with Crippen molar-refractivity contribution in [1.82, 2.24) is 20.1 Å². The lowest BCUT2D eigenvalue weighted by atomic mass is 10.3. The molecule has 2 aromatic heterocycles. The third-order valence-electron chi connectivity index (χ3n) is 3.62. The number of carbonyl (C=O) groups excluding carboxylic acids is 1. The summed E-state index contributed by atoms with van der Waals surface area (Å²) < 4.78 is 1.74. The van der Waals surface area contributed by atoms with Crippen LogP contribution in [-0.2, 0) is 11.3 Å². The molecule has 0 radical (unpaired) electrons. The van der Waals surface area contributed by atoms with Gasteiger partial charge in [-0.3, -0.25) is 9.48 Å². The minimum atomic E-state index is -0.0575. The van der Waals surface area contributed by atoms with Crippen LogP contribution in [0, 0.1) is 0 Å². The summed E-state index contributed by atoms with van der Waals surface area (Å²) in [6, 6.07) is 5.69. The maximum absolute atomic E-state index is 11.9. The fraction of sp³-hybridized carbons (Fsp3) is 0.400. The summed E-state index contributed by atoms with van der Waals surface area (Å²) in [5, 5.41) is 10.2. The van der Waals surface area contributed by atoms with Gasteiger partial charge in [0.2, 0.25) is 5.91 Å². The second-order valence-corrected chi connectivity index (χ2v) is 5.21. The van der Waals surface area contributed by atoms with Crippen molar-refractivity contribution in [1.29, 1.82) is 0 Å². The van der Waals surface area contributed by atoms with Crippen molar-refractivity contribution in [3.63, 3.8) is 0 Å². The van der Waals surface area contributed by atoms with Crippen LogP contribution in [0.3, 0.4) is 0 Å². The number of pyridine rings is 1. The third-order valence-corrected chi connectivity index (χ3v) is 3.62. The van der Waals surface area contributed by atoms with E-state index >= 15 is 0 Å². The third kappa shape index (κ3) is 3.82. The van der Waals surface area contributed by atoms with Crippen molar-refractivity contribution in [2.24, 2.45) is 0 Å². The van der Waals surface area contributed by atoms with Gasteiger partial charge in [0.15, 0.2) is 0 Å². The molecule has 7 heteroatoms. The summed E-state index contributed by atoms with van der Waals surface area (Å²) in [6.45, 7) is 4.52. The normalized spacial score (nSPS) is 14.8. The molecule has 1 amide bonds. The second kappa shape index (κ2) is 7.04. The number of hydrogen-bond acceptors (Lipinski definition) is 5. The molecule has 7 nitrogen and oxygen atoms in total. The van der Waals surface area contributed by atoms with E-state index in [1.165, 1.54) is 0 Å². The number of carbonyl (C=O) groups is 1. The van der Waals surface area contributed by atoms with E-state index in [4.69, 9.17) is 0 Å². The van der Waals surface area contributed by atoms with E-state index in [2.05, 4.69) is 25.6 Å². The number of aromatic nitrogens is 3. The Morgan fingerprint density at radius 1 is 1.32 bits per heavy atom. The monoisotopic (exact) mass is 300 g/mol. The van der Waals surface area contributed by atoms with Gasteiger partial charge in [-0.05, 0) is 18.2 Å². The van der Waals surface area contributed by atoms with Gasteiger partial charge in [-0.1, -0.05) is 0 Å². The maximum atomic E-state index is 11.9. The molecule has 0 atom stereocenters. The number of hydrogen-bond donors (Lipinski definition) is 2. The van der Waals surface area contributed by atoms with Gasteiger partial charge in [0.1, 0.15) is 5.82 Å². The number of nitrogens with one attached hydrogen (secondary N) is 2. The van der Waals surface area contributed by atoms with Crippen LogP contribution in [0.15, 0.2) is 36.8 Å². The highest BCUT2D eigenvalue weighted by atomic mass is 16.1. The maximum Gasteiger partial charge on any atom is 0.227 e. The number of nitrogens with zero attached hydrogens (tertiary/aromatic N) is 4. The van der Waals surface area contributed by atoms with Crippen molar-refractivity contribution < 1.29 is 4.79 Å². The number of anilines is 2. The second-order valence-electron chi connectivity index (χ2n) is 5.21. The predicted molar refractivity (Wildman–Crippen MR) is 84.8 cm³/mol. The first-order valence-electron chi connectivity index (χ1n) is 7.50. The first-order valence-corrected chi connectivity index (χ1v) is 7.50. The van der Waals surface area contributed by atoms with E-state index in [0.29, 0.717) is 18.8 Å². The Morgan fingerprint density at radius 3 is 2.86 bits per heavy atom. The van der Waals surface area contributed by atoms with Gasteiger partial charge in [0, 0.05) is 51.5 Å². The van der Waals surface area contributed by atoms with E-state index in [9.17, 15) is 4.79 Å². The average molecular weight is 300 g/mol. The molecule has 0 unspecified atom stereocenters. The molecular formula is C15H20N6O. The molecule has 0 aliphatic carbocycles. The van der Waals surface area contributed by atoms with E-state index in [1.54, 1.807) is 10.9 Å². The fourth-order valence-electron chi connectivity index (χ4n) is 2.42. The number of aryl methyl sites for hydroxylation is 1. The van der Waals surface area contributed by atoms with Crippen molar-refractivity contribution in [3.05, 3.63) is 36.8 Å². The summed E-state index contributed by atoms with van der Waals surface area (Å²) >= 11 is 0. The van der Waals surface area contributed by atoms with Crippen LogP contribution in [0.4, 0.5) is 11.5 Å². The lowest BCUT2D eigenvalue weighted by Gasteiger charge is -2.29. The highest BCUT2D eigenvalue weighted by Crippen LogP contribution is 2.15. The Morgan fingerprint density at radius 2 is 2.18 bits per heavy atom. The first kappa shape index (κ1) is 14.5. The molecule has 1 fully saturated rings. The molecule has 1 aliphatic heterocycles. The van der Waals surface area contributed by atoms with Crippen LogP contribution in [0.25, 0.3) is 0 Å². The molecule has 3 heterocycles. The molecular weight excluding hydrogens is 280 g/mol. The summed E-state index contributed by atoms with van der Waals surface area (Å²) in [7, 11) is 0. The summed E-state index contributed by atoms with van der Waals surface area (Å²) in [5.41, 5.74) is 1.09. The van der Waals surface area contributed by atoms with Crippen molar-refractivity contribution in [3.8, 4) is 0 Å². The lowest BCUT2D eigenvalue weighted by Crippen LogP contribution is -2.43. The highest BCUT2D eigenvalue weighted by Gasteiger charge is 2.11. The zero-order valence-electron chi connectivity index (χ0n) is 12.4. The minimum Gasteiger partial charge on any atom is -0.368 e. The zero-order valence-corrected chi connectivity index (χ0v) is 12.4. The molecule has 2 N–H and O–H groups in total. The Balaban J connectivity index is 1.50. The Kier molecular flexibility index (Phi) is 4.65. The molecule has 0 aromatic carbocycles. The Bertz CT molecular complexity index is 589. The van der Waals surface area contributed by atoms with Gasteiger partial charge < -0.3 is 15.5 Å². The molecule has 0 spiro atoms.